The van der Waals surface area contributed by atoms with Crippen LogP contribution in [0.15, 0.2) is 12.3 Å². The standard InChI is InChI=1S/C6H6Cl2N2/c7-2-4-3-10-6(9)1-5(4)8/h1,3H,2H2,(H2,9,10). The number of nitrogen functional groups attached to an aromatic ring is 1. The molecule has 0 bridgehead atoms. The summed E-state index contributed by atoms with van der Waals surface area (Å²) in [5.41, 5.74) is 6.15. The van der Waals surface area contributed by atoms with Crippen molar-refractivity contribution in [1.82, 2.24) is 4.98 Å². The van der Waals surface area contributed by atoms with E-state index in [1.807, 2.05) is 0 Å². The monoisotopic (exact) mass is 176 g/mol. The number of alkyl halides is 1. The molecule has 0 radical (unpaired) electrons. The maximum absolute atomic E-state index is 5.73. The Balaban J connectivity index is 3.07. The van der Waals surface area contributed by atoms with Crippen LogP contribution < -0.4 is 5.73 Å². The molecule has 0 unspecified atom stereocenters. The molecule has 0 atom stereocenters. The third-order valence-electron chi connectivity index (χ3n) is 1.09. The Morgan fingerprint density at radius 2 is 2.30 bits per heavy atom. The number of rotatable bonds is 1. The lowest BCUT2D eigenvalue weighted by Crippen LogP contribution is -1.91. The van der Waals surface area contributed by atoms with Gasteiger partial charge in [0, 0.05) is 11.8 Å². The van der Waals surface area contributed by atoms with Crippen LogP contribution in [0.25, 0.3) is 0 Å². The number of anilines is 1. The molecule has 0 saturated heterocycles. The van der Waals surface area contributed by atoms with Crippen LogP contribution >= 0.6 is 23.2 Å². The van der Waals surface area contributed by atoms with Crippen molar-refractivity contribution in [3.63, 3.8) is 0 Å². The summed E-state index contributed by atoms with van der Waals surface area (Å²) in [4.78, 5) is 3.82. The fourth-order valence-corrected chi connectivity index (χ4v) is 1.08. The molecule has 0 amide bonds. The second-order valence-electron chi connectivity index (χ2n) is 1.83. The second-order valence-corrected chi connectivity index (χ2v) is 2.51. The molecule has 0 aliphatic rings. The largest absolute Gasteiger partial charge is 0.384 e. The van der Waals surface area contributed by atoms with Gasteiger partial charge in [-0.05, 0) is 6.07 Å². The van der Waals surface area contributed by atoms with Crippen LogP contribution in [0.5, 0.6) is 0 Å². The molecule has 0 aliphatic carbocycles. The minimum Gasteiger partial charge on any atom is -0.384 e. The Bertz CT molecular complexity index is 237. The van der Waals surface area contributed by atoms with Gasteiger partial charge in [0.2, 0.25) is 0 Å². The van der Waals surface area contributed by atoms with E-state index < -0.39 is 0 Å². The van der Waals surface area contributed by atoms with Crippen LogP contribution in [0, 0.1) is 0 Å². The maximum atomic E-state index is 5.73. The van der Waals surface area contributed by atoms with Gasteiger partial charge in [0.1, 0.15) is 5.82 Å². The minimum atomic E-state index is 0.367. The van der Waals surface area contributed by atoms with Crippen molar-refractivity contribution >= 4 is 29.0 Å². The first-order valence-corrected chi connectivity index (χ1v) is 3.61. The van der Waals surface area contributed by atoms with Crippen molar-refractivity contribution < 1.29 is 0 Å². The molecule has 54 valence electrons. The number of nitrogens with two attached hydrogens (primary N) is 1. The van der Waals surface area contributed by atoms with Crippen LogP contribution in [0.1, 0.15) is 5.56 Å². The fourth-order valence-electron chi connectivity index (χ4n) is 0.572. The second kappa shape index (κ2) is 3.08. The van der Waals surface area contributed by atoms with E-state index in [0.29, 0.717) is 16.7 Å². The summed E-state index contributed by atoms with van der Waals surface area (Å²) in [6, 6.07) is 1.58. The molecule has 2 nitrogen and oxygen atoms in total. The molecule has 10 heavy (non-hydrogen) atoms. The molecule has 1 rings (SSSR count). The summed E-state index contributed by atoms with van der Waals surface area (Å²) < 4.78 is 0. The minimum absolute atomic E-state index is 0.367. The highest BCUT2D eigenvalue weighted by atomic mass is 35.5. The van der Waals surface area contributed by atoms with Crippen molar-refractivity contribution in [2.75, 3.05) is 5.73 Å². The van der Waals surface area contributed by atoms with E-state index in [0.717, 1.165) is 5.56 Å². The number of hydrogen-bond donors (Lipinski definition) is 1. The first-order chi connectivity index (χ1) is 4.74. The highest BCUT2D eigenvalue weighted by Gasteiger charge is 1.98. The summed E-state index contributed by atoms with van der Waals surface area (Å²) in [5, 5.41) is 0.572. The molecule has 1 heterocycles. The van der Waals surface area contributed by atoms with Crippen LogP contribution in [0.3, 0.4) is 0 Å². The van der Waals surface area contributed by atoms with E-state index in [9.17, 15) is 0 Å². The molecule has 0 spiro atoms. The quantitative estimate of drug-likeness (QED) is 0.666. The first-order valence-electron chi connectivity index (χ1n) is 2.70. The first kappa shape index (κ1) is 7.63. The Morgan fingerprint density at radius 3 is 2.80 bits per heavy atom. The lowest BCUT2D eigenvalue weighted by molar-refractivity contribution is 1.25. The predicted molar refractivity (Wildman–Crippen MR) is 43.2 cm³/mol. The summed E-state index contributed by atoms with van der Waals surface area (Å²) >= 11 is 11.2. The molecule has 0 aromatic carbocycles. The molecule has 0 saturated carbocycles. The summed E-state index contributed by atoms with van der Waals surface area (Å²) in [6.07, 6.45) is 1.57. The molecule has 0 aliphatic heterocycles. The van der Waals surface area contributed by atoms with Crippen LogP contribution in [0.2, 0.25) is 5.02 Å². The molecular formula is C6H6Cl2N2. The van der Waals surface area contributed by atoms with Gasteiger partial charge >= 0.3 is 0 Å². The van der Waals surface area contributed by atoms with Gasteiger partial charge in [0.05, 0.1) is 10.9 Å². The van der Waals surface area contributed by atoms with Crippen molar-refractivity contribution in [2.24, 2.45) is 0 Å². The molecule has 4 heteroatoms. The fraction of sp³-hybridized carbons (Fsp3) is 0.167. The van der Waals surface area contributed by atoms with Gasteiger partial charge in [-0.2, -0.15) is 0 Å². The Morgan fingerprint density at radius 1 is 1.60 bits per heavy atom. The van der Waals surface area contributed by atoms with Gasteiger partial charge in [0.25, 0.3) is 0 Å². The van der Waals surface area contributed by atoms with E-state index in [2.05, 4.69) is 4.98 Å². The smallest absolute Gasteiger partial charge is 0.124 e. The highest BCUT2D eigenvalue weighted by molar-refractivity contribution is 6.32. The Hall–Kier alpha value is -0.470. The van der Waals surface area contributed by atoms with E-state index in [4.69, 9.17) is 28.9 Å². The normalized spacial score (nSPS) is 9.80. The van der Waals surface area contributed by atoms with Crippen LogP contribution in [-0.4, -0.2) is 4.98 Å². The zero-order valence-electron chi connectivity index (χ0n) is 5.14. The average Bonchev–Trinajstić information content (AvgIpc) is 1.88. The third kappa shape index (κ3) is 1.52. The SMILES string of the molecule is Nc1cc(Cl)c(CCl)cn1. The molecule has 0 fully saturated rings. The molecule has 2 N–H and O–H groups in total. The third-order valence-corrected chi connectivity index (χ3v) is 1.73. The van der Waals surface area contributed by atoms with Crippen molar-refractivity contribution in [3.05, 3.63) is 22.8 Å². The molecule has 1 aromatic rings. The number of hydrogen-bond acceptors (Lipinski definition) is 2. The Labute approximate surface area is 69.0 Å². The zero-order valence-corrected chi connectivity index (χ0v) is 6.65. The maximum Gasteiger partial charge on any atom is 0.124 e. The molecule has 1 aromatic heterocycles. The van der Waals surface area contributed by atoms with Gasteiger partial charge in [-0.25, -0.2) is 4.98 Å². The lowest BCUT2D eigenvalue weighted by Gasteiger charge is -1.98. The van der Waals surface area contributed by atoms with E-state index >= 15 is 0 Å². The number of pyridine rings is 1. The van der Waals surface area contributed by atoms with E-state index in [1.165, 1.54) is 0 Å². The van der Waals surface area contributed by atoms with Crippen LogP contribution in [-0.2, 0) is 5.88 Å². The zero-order chi connectivity index (χ0) is 7.56. The van der Waals surface area contributed by atoms with Crippen LogP contribution in [0.4, 0.5) is 5.82 Å². The van der Waals surface area contributed by atoms with Crippen molar-refractivity contribution in [2.45, 2.75) is 5.88 Å². The van der Waals surface area contributed by atoms with Crippen molar-refractivity contribution in [1.29, 1.82) is 0 Å². The van der Waals surface area contributed by atoms with Gasteiger partial charge < -0.3 is 5.73 Å². The topological polar surface area (TPSA) is 38.9 Å². The Kier molecular flexibility index (Phi) is 2.35. The van der Waals surface area contributed by atoms with E-state index in [-0.39, 0.29) is 0 Å². The highest BCUT2D eigenvalue weighted by Crippen LogP contribution is 2.18. The van der Waals surface area contributed by atoms with Gasteiger partial charge in [-0.15, -0.1) is 11.6 Å². The number of nitrogens with zero attached hydrogens (tertiary/aromatic N) is 1. The van der Waals surface area contributed by atoms with Gasteiger partial charge in [-0.3, -0.25) is 0 Å². The molecular weight excluding hydrogens is 171 g/mol. The van der Waals surface area contributed by atoms with Crippen molar-refractivity contribution in [3.8, 4) is 0 Å². The van der Waals surface area contributed by atoms with E-state index in [1.54, 1.807) is 12.3 Å². The summed E-state index contributed by atoms with van der Waals surface area (Å²) in [5.74, 6) is 0.783. The summed E-state index contributed by atoms with van der Waals surface area (Å²) in [7, 11) is 0. The summed E-state index contributed by atoms with van der Waals surface area (Å²) in [6.45, 7) is 0. The lowest BCUT2D eigenvalue weighted by atomic mass is 10.3. The average molecular weight is 177 g/mol. The van der Waals surface area contributed by atoms with Gasteiger partial charge in [-0.1, -0.05) is 11.6 Å². The number of halogens is 2. The predicted octanol–water partition coefficient (Wildman–Crippen LogP) is 2.06. The van der Waals surface area contributed by atoms with Gasteiger partial charge in [0.15, 0.2) is 0 Å². The number of aromatic nitrogens is 1.